The molecule has 1 saturated heterocycles. The fraction of sp³-hybridized carbons (Fsp3) is 0.406. The molecule has 2 amide bonds. The number of alkyl halides is 1. The normalized spacial score (nSPS) is 24.0. The highest BCUT2D eigenvalue weighted by atomic mass is 35.5. The molecule has 2 aromatic carbocycles. The summed E-state index contributed by atoms with van der Waals surface area (Å²) in [5, 5.41) is 17.1. The third-order valence-electron chi connectivity index (χ3n) is 8.24. The maximum absolute atomic E-state index is 13.3. The lowest BCUT2D eigenvalue weighted by atomic mass is 9.94. The Balaban J connectivity index is 1.19. The molecule has 0 aromatic heterocycles. The predicted octanol–water partition coefficient (Wildman–Crippen LogP) is 4.32. The molecule has 2 aromatic rings. The number of carbonyl (C=O) groups excluding carboxylic acids is 2. The molecule has 1 aliphatic carbocycles. The number of hydrogen-bond donors (Lipinski definition) is 3. The first-order chi connectivity index (χ1) is 19.8. The Morgan fingerprint density at radius 3 is 2.63 bits per heavy atom. The first-order valence-corrected chi connectivity index (χ1v) is 14.7. The van der Waals surface area contributed by atoms with E-state index in [1.807, 2.05) is 56.3 Å². The van der Waals surface area contributed by atoms with Crippen molar-refractivity contribution >= 4 is 34.8 Å². The molecule has 0 radical (unpaired) electrons. The van der Waals surface area contributed by atoms with Crippen LogP contribution in [-0.2, 0) is 6.42 Å². The van der Waals surface area contributed by atoms with Gasteiger partial charge in [-0.05, 0) is 81.6 Å². The number of imide groups is 1. The van der Waals surface area contributed by atoms with Gasteiger partial charge in [0.05, 0.1) is 28.8 Å². The van der Waals surface area contributed by atoms with Gasteiger partial charge in [-0.2, -0.15) is 0 Å². The molecule has 6 rings (SSSR count). The third kappa shape index (κ3) is 5.44. The Kier molecular flexibility index (Phi) is 7.72. The lowest BCUT2D eigenvalue weighted by Gasteiger charge is -2.29. The lowest BCUT2D eigenvalue weighted by molar-refractivity contribution is 0.0555. The Labute approximate surface area is 245 Å². The van der Waals surface area contributed by atoms with Crippen LogP contribution in [0.15, 0.2) is 58.7 Å². The van der Waals surface area contributed by atoms with E-state index in [9.17, 15) is 14.7 Å². The van der Waals surface area contributed by atoms with Crippen LogP contribution in [0.4, 0.5) is 5.69 Å². The van der Waals surface area contributed by atoms with Crippen LogP contribution in [0.1, 0.15) is 56.7 Å². The van der Waals surface area contributed by atoms with E-state index in [1.54, 1.807) is 0 Å². The Morgan fingerprint density at radius 1 is 1.12 bits per heavy atom. The number of ether oxygens (including phenoxy) is 1. The van der Waals surface area contributed by atoms with Crippen molar-refractivity contribution in [3.05, 3.63) is 81.6 Å². The fourth-order valence-corrected chi connectivity index (χ4v) is 6.47. The second-order valence-corrected chi connectivity index (χ2v) is 11.8. The summed E-state index contributed by atoms with van der Waals surface area (Å²) in [5.74, 6) is 0.341. The maximum Gasteiger partial charge on any atom is 0.261 e. The van der Waals surface area contributed by atoms with Crippen molar-refractivity contribution in [3.63, 3.8) is 0 Å². The molecule has 0 bridgehead atoms. The van der Waals surface area contributed by atoms with Gasteiger partial charge in [-0.25, -0.2) is 0 Å². The summed E-state index contributed by atoms with van der Waals surface area (Å²) in [6.07, 6.45) is 5.92. The van der Waals surface area contributed by atoms with Crippen molar-refractivity contribution in [3.8, 4) is 5.75 Å². The molecule has 214 valence electrons. The van der Waals surface area contributed by atoms with Crippen LogP contribution in [-0.4, -0.2) is 71.3 Å². The van der Waals surface area contributed by atoms with Gasteiger partial charge >= 0.3 is 0 Å². The van der Waals surface area contributed by atoms with Gasteiger partial charge in [0.2, 0.25) is 0 Å². The van der Waals surface area contributed by atoms with Crippen LogP contribution in [0.3, 0.4) is 0 Å². The summed E-state index contributed by atoms with van der Waals surface area (Å²) >= 11 is 6.80. The number of hydrogen-bond acceptors (Lipinski definition) is 7. The van der Waals surface area contributed by atoms with E-state index < -0.39 is 6.10 Å². The molecular weight excluding hydrogens is 540 g/mol. The number of aliphatic hydroxyl groups is 1. The molecule has 3 heterocycles. The van der Waals surface area contributed by atoms with E-state index in [-0.39, 0.29) is 36.4 Å². The highest BCUT2D eigenvalue weighted by Gasteiger charge is 2.41. The second kappa shape index (κ2) is 11.4. The second-order valence-electron chi connectivity index (χ2n) is 11.3. The van der Waals surface area contributed by atoms with Gasteiger partial charge in [-0.3, -0.25) is 19.5 Å². The number of aliphatic imine (C=N–C) groups is 1. The van der Waals surface area contributed by atoms with Crippen molar-refractivity contribution in [2.75, 3.05) is 31.6 Å². The van der Waals surface area contributed by atoms with Crippen LogP contribution in [0, 0.1) is 13.8 Å². The smallest absolute Gasteiger partial charge is 0.261 e. The van der Waals surface area contributed by atoms with E-state index in [4.69, 9.17) is 21.3 Å². The molecule has 9 heteroatoms. The van der Waals surface area contributed by atoms with Crippen molar-refractivity contribution in [1.29, 1.82) is 0 Å². The number of benzene rings is 2. The van der Waals surface area contributed by atoms with Gasteiger partial charge in [0.1, 0.15) is 18.5 Å². The number of carbonyl (C=O) groups is 2. The molecule has 2 atom stereocenters. The van der Waals surface area contributed by atoms with E-state index in [0.29, 0.717) is 29.7 Å². The number of halogens is 1. The first-order valence-electron chi connectivity index (χ1n) is 14.3. The number of anilines is 1. The zero-order valence-electron chi connectivity index (χ0n) is 23.4. The van der Waals surface area contributed by atoms with Crippen molar-refractivity contribution in [2.45, 2.75) is 57.1 Å². The van der Waals surface area contributed by atoms with Gasteiger partial charge < -0.3 is 20.5 Å². The number of fused-ring (bicyclic) bond motifs is 2. The van der Waals surface area contributed by atoms with Crippen molar-refractivity contribution in [2.24, 2.45) is 4.99 Å². The zero-order valence-corrected chi connectivity index (χ0v) is 24.1. The summed E-state index contributed by atoms with van der Waals surface area (Å²) < 4.78 is 5.84. The number of rotatable bonds is 6. The minimum Gasteiger partial charge on any atom is -0.491 e. The average molecular weight is 575 g/mol. The maximum atomic E-state index is 13.3. The monoisotopic (exact) mass is 574 g/mol. The number of nitrogens with one attached hydrogen (secondary N) is 2. The molecule has 4 aliphatic rings. The molecule has 8 nitrogen and oxygen atoms in total. The van der Waals surface area contributed by atoms with Crippen LogP contribution < -0.4 is 15.4 Å². The Morgan fingerprint density at radius 2 is 1.88 bits per heavy atom. The van der Waals surface area contributed by atoms with E-state index in [2.05, 4.69) is 10.6 Å². The van der Waals surface area contributed by atoms with Crippen molar-refractivity contribution < 1.29 is 19.4 Å². The number of nitrogens with zero attached hydrogens (tertiary/aromatic N) is 2. The first kappa shape index (κ1) is 27.7. The van der Waals surface area contributed by atoms with Crippen LogP contribution >= 0.6 is 11.6 Å². The number of aryl methyl sites for hydroxylation is 2. The van der Waals surface area contributed by atoms with Gasteiger partial charge in [-0.1, -0.05) is 23.8 Å². The summed E-state index contributed by atoms with van der Waals surface area (Å²) in [6.45, 7) is 5.93. The van der Waals surface area contributed by atoms with Crippen LogP contribution in [0.2, 0.25) is 0 Å². The quantitative estimate of drug-likeness (QED) is 0.351. The van der Waals surface area contributed by atoms with E-state index >= 15 is 0 Å². The van der Waals surface area contributed by atoms with Crippen LogP contribution in [0.25, 0.3) is 0 Å². The molecule has 3 N–H and O–H groups in total. The molecule has 0 spiro atoms. The Bertz CT molecular complexity index is 1440. The third-order valence-corrected chi connectivity index (χ3v) is 8.63. The van der Waals surface area contributed by atoms with Crippen molar-refractivity contribution in [1.82, 2.24) is 10.2 Å². The number of piperidine rings is 1. The number of aliphatic hydroxyl groups excluding tert-OH is 1. The highest BCUT2D eigenvalue weighted by Crippen LogP contribution is 2.38. The Hall–Kier alpha value is -3.46. The lowest BCUT2D eigenvalue weighted by Crippen LogP contribution is -2.45. The predicted molar refractivity (Wildman–Crippen MR) is 160 cm³/mol. The number of allylic oxidation sites excluding steroid dienone is 4. The van der Waals surface area contributed by atoms with E-state index in [1.165, 1.54) is 4.90 Å². The largest absolute Gasteiger partial charge is 0.491 e. The van der Waals surface area contributed by atoms with Crippen LogP contribution in [0.5, 0.6) is 5.75 Å². The average Bonchev–Trinajstić information content (AvgIpc) is 3.48. The highest BCUT2D eigenvalue weighted by molar-refractivity contribution is 6.29. The van der Waals surface area contributed by atoms with Gasteiger partial charge in [0, 0.05) is 29.4 Å². The summed E-state index contributed by atoms with van der Waals surface area (Å²) in [7, 11) is 0. The minimum atomic E-state index is -0.782. The van der Waals surface area contributed by atoms with Gasteiger partial charge in [-0.15, -0.1) is 11.6 Å². The van der Waals surface area contributed by atoms with E-state index in [0.717, 1.165) is 65.3 Å². The topological polar surface area (TPSA) is 103 Å². The standard InChI is InChI=1S/C32H35ClN4O4/c1-18-6-7-29(19(2)12-18)41-17-22(38)16-35-26-5-3-4-25(33)30(26)28-14-20-13-23-24(15-27(20)36-28)32(40)37(31(23)39)21-8-10-34-11-9-21/h3,5-7,12-13,15,21-22,25,34,36,38H,4,8-11,14,16-17H2,1-2H3/t22-,25?/m1/s1. The zero-order chi connectivity index (χ0) is 28.7. The fourth-order valence-electron chi connectivity index (χ4n) is 6.12. The molecule has 41 heavy (non-hydrogen) atoms. The van der Waals surface area contributed by atoms with Gasteiger partial charge in [0.25, 0.3) is 11.8 Å². The summed E-state index contributed by atoms with van der Waals surface area (Å²) in [4.78, 5) is 32.7. The summed E-state index contributed by atoms with van der Waals surface area (Å²) in [5.41, 5.74) is 7.39. The molecular formula is C32H35ClN4O4. The molecule has 3 aliphatic heterocycles. The van der Waals surface area contributed by atoms with Gasteiger partial charge in [0.15, 0.2) is 0 Å². The SMILES string of the molecule is Cc1ccc(OC[C@H](O)CN=C2C=CCC(Cl)C2=C2Cc3cc4c(cc3N2)C(=O)N(C2CCNCC2)C4=O)c(C)c1. The molecule has 1 unspecified atom stereocenters. The molecule has 0 saturated carbocycles. The molecule has 1 fully saturated rings. The summed E-state index contributed by atoms with van der Waals surface area (Å²) in [6, 6.07) is 9.56. The number of amides is 2. The minimum absolute atomic E-state index is 0.0596.